The lowest BCUT2D eigenvalue weighted by Crippen LogP contribution is -2.24. The van der Waals surface area contributed by atoms with Gasteiger partial charge in [-0.25, -0.2) is 0 Å². The second kappa shape index (κ2) is 8.24. The quantitative estimate of drug-likeness (QED) is 0.771. The van der Waals surface area contributed by atoms with Crippen LogP contribution in [0.5, 0.6) is 0 Å². The van der Waals surface area contributed by atoms with Crippen LogP contribution in [-0.4, -0.2) is 25.1 Å². The van der Waals surface area contributed by atoms with E-state index in [9.17, 15) is 0 Å². The maximum atomic E-state index is 4.74. The Labute approximate surface area is 131 Å². The van der Waals surface area contributed by atoms with E-state index in [0.717, 1.165) is 43.6 Å². The molecule has 2 aromatic rings. The Kier molecular flexibility index (Phi) is 6.32. The van der Waals surface area contributed by atoms with Gasteiger partial charge in [-0.05, 0) is 31.9 Å². The smallest absolute Gasteiger partial charge is 0.0916 e. The van der Waals surface area contributed by atoms with Crippen LogP contribution >= 0.6 is 11.7 Å². The largest absolute Gasteiger partial charge is 0.308 e. The maximum absolute atomic E-state index is 4.74. The first kappa shape index (κ1) is 16.1. The van der Waals surface area contributed by atoms with E-state index in [0.29, 0.717) is 6.04 Å². The van der Waals surface area contributed by atoms with Crippen LogP contribution in [-0.2, 0) is 6.42 Å². The second-order valence-electron chi connectivity index (χ2n) is 5.30. The lowest BCUT2D eigenvalue weighted by Gasteiger charge is -2.15. The molecule has 0 spiro atoms. The van der Waals surface area contributed by atoms with Crippen molar-refractivity contribution in [3.05, 3.63) is 29.8 Å². The molecule has 0 aliphatic heterocycles. The SMILES string of the molecule is CCCNC(Cc1ccn(C(CC)CC)n1)c1cnsn1. The molecule has 0 aliphatic rings. The van der Waals surface area contributed by atoms with Crippen molar-refractivity contribution in [1.29, 1.82) is 0 Å². The second-order valence-corrected chi connectivity index (χ2v) is 5.86. The van der Waals surface area contributed by atoms with E-state index in [2.05, 4.69) is 51.8 Å². The average molecular weight is 307 g/mol. The van der Waals surface area contributed by atoms with E-state index >= 15 is 0 Å². The van der Waals surface area contributed by atoms with Crippen LogP contribution in [0.25, 0.3) is 0 Å². The van der Waals surface area contributed by atoms with Crippen molar-refractivity contribution < 1.29 is 0 Å². The summed E-state index contributed by atoms with van der Waals surface area (Å²) in [6.45, 7) is 7.57. The van der Waals surface area contributed by atoms with Crippen LogP contribution in [0.4, 0.5) is 0 Å². The summed E-state index contributed by atoms with van der Waals surface area (Å²) in [6.07, 6.45) is 8.16. The van der Waals surface area contributed by atoms with E-state index in [-0.39, 0.29) is 6.04 Å². The molecule has 0 aliphatic carbocycles. The maximum Gasteiger partial charge on any atom is 0.0916 e. The Hall–Kier alpha value is -1.27. The molecule has 0 aromatic carbocycles. The summed E-state index contributed by atoms with van der Waals surface area (Å²) >= 11 is 1.26. The molecular formula is C15H25N5S. The summed E-state index contributed by atoms with van der Waals surface area (Å²) in [7, 11) is 0. The summed E-state index contributed by atoms with van der Waals surface area (Å²) in [5, 5.41) is 8.28. The van der Waals surface area contributed by atoms with Crippen molar-refractivity contribution in [1.82, 2.24) is 23.8 Å². The normalized spacial score (nSPS) is 13.0. The molecule has 1 N–H and O–H groups in total. The lowest BCUT2D eigenvalue weighted by molar-refractivity contribution is 0.422. The third kappa shape index (κ3) is 4.35. The van der Waals surface area contributed by atoms with E-state index in [1.165, 1.54) is 11.7 Å². The zero-order valence-corrected chi connectivity index (χ0v) is 13.9. The van der Waals surface area contributed by atoms with Gasteiger partial charge in [-0.2, -0.15) is 13.8 Å². The molecule has 21 heavy (non-hydrogen) atoms. The molecule has 5 nitrogen and oxygen atoms in total. The Morgan fingerprint density at radius 3 is 2.71 bits per heavy atom. The van der Waals surface area contributed by atoms with E-state index in [4.69, 9.17) is 5.10 Å². The van der Waals surface area contributed by atoms with Crippen molar-refractivity contribution in [3.8, 4) is 0 Å². The highest BCUT2D eigenvalue weighted by molar-refractivity contribution is 6.99. The highest BCUT2D eigenvalue weighted by Gasteiger charge is 2.16. The molecule has 0 fully saturated rings. The summed E-state index contributed by atoms with van der Waals surface area (Å²) < 4.78 is 10.6. The molecule has 2 aromatic heterocycles. The summed E-state index contributed by atoms with van der Waals surface area (Å²) in [5.74, 6) is 0. The van der Waals surface area contributed by atoms with Gasteiger partial charge < -0.3 is 5.32 Å². The molecule has 1 atom stereocenters. The minimum absolute atomic E-state index is 0.203. The number of aromatic nitrogens is 4. The van der Waals surface area contributed by atoms with Crippen LogP contribution in [0, 0.1) is 0 Å². The van der Waals surface area contributed by atoms with Gasteiger partial charge in [0, 0.05) is 12.6 Å². The zero-order valence-electron chi connectivity index (χ0n) is 13.1. The third-order valence-corrected chi connectivity index (χ3v) is 4.26. The number of hydrogen-bond donors (Lipinski definition) is 1. The van der Waals surface area contributed by atoms with Gasteiger partial charge in [-0.1, -0.05) is 20.8 Å². The van der Waals surface area contributed by atoms with Crippen molar-refractivity contribution >= 4 is 11.7 Å². The van der Waals surface area contributed by atoms with Gasteiger partial charge in [0.05, 0.1) is 41.4 Å². The van der Waals surface area contributed by atoms with E-state index < -0.39 is 0 Å². The summed E-state index contributed by atoms with van der Waals surface area (Å²) in [4.78, 5) is 0. The molecule has 0 saturated heterocycles. The molecule has 6 heteroatoms. The Bertz CT molecular complexity index is 504. The number of hydrogen-bond acceptors (Lipinski definition) is 5. The molecular weight excluding hydrogens is 282 g/mol. The first-order valence-electron chi connectivity index (χ1n) is 7.83. The van der Waals surface area contributed by atoms with Crippen LogP contribution in [0.1, 0.15) is 63.5 Å². The van der Waals surface area contributed by atoms with Crippen LogP contribution in [0.3, 0.4) is 0 Å². The number of nitrogens with one attached hydrogen (secondary N) is 1. The lowest BCUT2D eigenvalue weighted by atomic mass is 10.1. The van der Waals surface area contributed by atoms with Crippen LogP contribution < -0.4 is 5.32 Å². The minimum Gasteiger partial charge on any atom is -0.308 e. The molecule has 1 unspecified atom stereocenters. The van der Waals surface area contributed by atoms with Gasteiger partial charge in [0.1, 0.15) is 0 Å². The van der Waals surface area contributed by atoms with Gasteiger partial charge in [-0.15, -0.1) is 0 Å². The van der Waals surface area contributed by atoms with Gasteiger partial charge in [0.25, 0.3) is 0 Å². The standard InChI is InChI=1S/C15H25N5S/c1-4-8-16-14(15-11-17-21-19-15)10-12-7-9-20(18-12)13(5-2)6-3/h7,9,11,13-14,16H,4-6,8,10H2,1-3H3. The Morgan fingerprint density at radius 2 is 2.10 bits per heavy atom. The number of rotatable bonds is 9. The predicted molar refractivity (Wildman–Crippen MR) is 86.5 cm³/mol. The van der Waals surface area contributed by atoms with Crippen LogP contribution in [0.2, 0.25) is 0 Å². The van der Waals surface area contributed by atoms with Gasteiger partial charge >= 0.3 is 0 Å². The zero-order chi connectivity index (χ0) is 15.1. The molecule has 0 amide bonds. The first-order valence-corrected chi connectivity index (χ1v) is 8.56. The van der Waals surface area contributed by atoms with Crippen molar-refractivity contribution in [2.45, 2.75) is 58.5 Å². The van der Waals surface area contributed by atoms with E-state index in [1.54, 1.807) is 0 Å². The molecule has 2 heterocycles. The fourth-order valence-electron chi connectivity index (χ4n) is 2.49. The molecule has 116 valence electrons. The molecule has 0 saturated carbocycles. The van der Waals surface area contributed by atoms with Crippen molar-refractivity contribution in [2.24, 2.45) is 0 Å². The number of nitrogens with zero attached hydrogens (tertiary/aromatic N) is 4. The highest BCUT2D eigenvalue weighted by atomic mass is 32.1. The van der Waals surface area contributed by atoms with Gasteiger partial charge in [-0.3, -0.25) is 4.68 Å². The summed E-state index contributed by atoms with van der Waals surface area (Å²) in [6, 6.07) is 2.83. The Balaban J connectivity index is 2.06. The topological polar surface area (TPSA) is 55.6 Å². The predicted octanol–water partition coefficient (Wildman–Crippen LogP) is 3.38. The highest BCUT2D eigenvalue weighted by Crippen LogP contribution is 2.19. The molecule has 2 rings (SSSR count). The van der Waals surface area contributed by atoms with Crippen molar-refractivity contribution in [3.63, 3.8) is 0 Å². The van der Waals surface area contributed by atoms with Crippen molar-refractivity contribution in [2.75, 3.05) is 6.54 Å². The molecule has 0 bridgehead atoms. The van der Waals surface area contributed by atoms with Gasteiger partial charge in [0.15, 0.2) is 0 Å². The van der Waals surface area contributed by atoms with E-state index in [1.807, 2.05) is 6.20 Å². The van der Waals surface area contributed by atoms with Crippen LogP contribution in [0.15, 0.2) is 18.5 Å². The fourth-order valence-corrected chi connectivity index (χ4v) is 2.96. The van der Waals surface area contributed by atoms with Gasteiger partial charge in [0.2, 0.25) is 0 Å². The Morgan fingerprint density at radius 1 is 1.29 bits per heavy atom. The fraction of sp³-hybridized carbons (Fsp3) is 0.667. The first-order chi connectivity index (χ1) is 10.3. The average Bonchev–Trinajstić information content (AvgIpc) is 3.16. The minimum atomic E-state index is 0.203. The summed E-state index contributed by atoms with van der Waals surface area (Å²) in [5.41, 5.74) is 2.13. The third-order valence-electron chi connectivity index (χ3n) is 3.77. The molecule has 0 radical (unpaired) electrons. The monoisotopic (exact) mass is 307 g/mol.